The second kappa shape index (κ2) is 10.6. The van der Waals surface area contributed by atoms with Crippen molar-refractivity contribution < 1.29 is 23.8 Å². The Hall–Kier alpha value is -2.85. The van der Waals surface area contributed by atoms with Crippen molar-refractivity contribution in [2.45, 2.75) is 6.42 Å². The number of hydrogen-bond acceptors (Lipinski definition) is 7. The van der Waals surface area contributed by atoms with E-state index in [1.807, 2.05) is 0 Å². The molecule has 4 rings (SSSR count). The molecular weight excluding hydrogens is 483 g/mol. The molecule has 0 saturated carbocycles. The maximum atomic E-state index is 13.1. The van der Waals surface area contributed by atoms with Crippen LogP contribution in [0, 0.1) is 0 Å². The van der Waals surface area contributed by atoms with Crippen molar-refractivity contribution in [3.63, 3.8) is 0 Å². The lowest BCUT2D eigenvalue weighted by atomic mass is 10.1. The molecule has 1 aliphatic rings. The lowest BCUT2D eigenvalue weighted by molar-refractivity contribution is 0.0600. The fourth-order valence-electron chi connectivity index (χ4n) is 3.90. The quantitative estimate of drug-likeness (QED) is 0.504. The van der Waals surface area contributed by atoms with Crippen LogP contribution in [0.5, 0.6) is 5.75 Å². The first-order chi connectivity index (χ1) is 16.4. The van der Waals surface area contributed by atoms with Crippen molar-refractivity contribution in [1.82, 2.24) is 14.8 Å². The van der Waals surface area contributed by atoms with Gasteiger partial charge >= 0.3 is 0 Å². The molecule has 1 aromatic carbocycles. The number of ether oxygens (including phenoxy) is 1. The molecule has 9 nitrogen and oxygen atoms in total. The number of halogens is 2. The summed E-state index contributed by atoms with van der Waals surface area (Å²) in [6, 6.07) is 4.75. The third-order valence-corrected chi connectivity index (χ3v) is 6.28. The van der Waals surface area contributed by atoms with Crippen LogP contribution in [0.3, 0.4) is 0 Å². The maximum Gasteiger partial charge on any atom is 0.289 e. The molecule has 0 bridgehead atoms. The molecule has 180 valence electrons. The molecule has 3 aromatic rings. The Morgan fingerprint density at radius 1 is 1.18 bits per heavy atom. The number of nitrogens with one attached hydrogen (secondary N) is 1. The monoisotopic (exact) mass is 506 g/mol. The van der Waals surface area contributed by atoms with Gasteiger partial charge in [-0.05, 0) is 24.6 Å². The number of amides is 2. The SMILES string of the molecule is COc1ccc(C(=O)Nc2c(Cl)cncc2Cl)c2cc(C(=O)N3CCN(CCCO)CC3)oc12. The van der Waals surface area contributed by atoms with E-state index in [9.17, 15) is 9.59 Å². The predicted molar refractivity (Wildman–Crippen MR) is 129 cm³/mol. The minimum Gasteiger partial charge on any atom is -0.493 e. The van der Waals surface area contributed by atoms with E-state index in [0.717, 1.165) is 19.6 Å². The number of hydrogen-bond donors (Lipinski definition) is 2. The summed E-state index contributed by atoms with van der Waals surface area (Å²) in [6.45, 7) is 3.47. The number of anilines is 1. The Morgan fingerprint density at radius 3 is 2.53 bits per heavy atom. The van der Waals surface area contributed by atoms with Crippen molar-refractivity contribution in [3.8, 4) is 5.75 Å². The van der Waals surface area contributed by atoms with Crippen LogP contribution in [0.1, 0.15) is 27.3 Å². The largest absolute Gasteiger partial charge is 0.493 e. The van der Waals surface area contributed by atoms with Gasteiger partial charge in [0.05, 0.1) is 28.4 Å². The lowest BCUT2D eigenvalue weighted by Crippen LogP contribution is -2.48. The number of rotatable bonds is 7. The van der Waals surface area contributed by atoms with Gasteiger partial charge in [-0.25, -0.2) is 0 Å². The van der Waals surface area contributed by atoms with Gasteiger partial charge in [-0.3, -0.25) is 19.5 Å². The highest BCUT2D eigenvalue weighted by atomic mass is 35.5. The number of piperazine rings is 1. The van der Waals surface area contributed by atoms with Gasteiger partial charge in [0.2, 0.25) is 0 Å². The maximum absolute atomic E-state index is 13.1. The molecular formula is C23H24Cl2N4O5. The van der Waals surface area contributed by atoms with E-state index in [-0.39, 0.29) is 39.6 Å². The molecule has 1 aliphatic heterocycles. The molecule has 34 heavy (non-hydrogen) atoms. The first-order valence-corrected chi connectivity index (χ1v) is 11.5. The van der Waals surface area contributed by atoms with Crippen molar-refractivity contribution in [1.29, 1.82) is 0 Å². The molecule has 0 unspecified atom stereocenters. The summed E-state index contributed by atoms with van der Waals surface area (Å²) >= 11 is 12.3. The summed E-state index contributed by atoms with van der Waals surface area (Å²) in [7, 11) is 1.49. The number of aromatic nitrogens is 1. The van der Waals surface area contributed by atoms with Crippen molar-refractivity contribution in [2.75, 3.05) is 51.8 Å². The standard InChI is InChI=1S/C23H24Cl2N4O5/c1-33-18-4-3-14(22(31)27-20-16(24)12-26-13-17(20)25)15-11-19(34-21(15)18)23(32)29-8-6-28(7-9-29)5-2-10-30/h3-4,11-13,30H,2,5-10H2,1H3,(H,26,27,31). The Labute approximate surface area is 206 Å². The molecule has 1 fully saturated rings. The van der Waals surface area contributed by atoms with Gasteiger partial charge in [-0.15, -0.1) is 0 Å². The normalized spacial score (nSPS) is 14.4. The first kappa shape index (κ1) is 24.3. The number of carbonyl (C=O) groups is 2. The Kier molecular flexibility index (Phi) is 7.57. The van der Waals surface area contributed by atoms with Gasteiger partial charge in [-0.1, -0.05) is 23.2 Å². The number of aliphatic hydroxyl groups is 1. The van der Waals surface area contributed by atoms with Crippen molar-refractivity contribution in [3.05, 3.63) is 52.0 Å². The molecule has 2 N–H and O–H groups in total. The summed E-state index contributed by atoms with van der Waals surface area (Å²) < 4.78 is 11.3. The minimum atomic E-state index is -0.472. The van der Waals surface area contributed by atoms with E-state index in [0.29, 0.717) is 36.2 Å². The zero-order valence-corrected chi connectivity index (χ0v) is 20.0. The zero-order chi connectivity index (χ0) is 24.2. The van der Waals surface area contributed by atoms with Crippen LogP contribution in [0.2, 0.25) is 10.0 Å². The topological polar surface area (TPSA) is 108 Å². The molecule has 2 amide bonds. The predicted octanol–water partition coefficient (Wildman–Crippen LogP) is 3.54. The number of methoxy groups -OCH3 is 1. The Morgan fingerprint density at radius 2 is 1.88 bits per heavy atom. The lowest BCUT2D eigenvalue weighted by Gasteiger charge is -2.34. The second-order valence-corrected chi connectivity index (χ2v) is 8.63. The summed E-state index contributed by atoms with van der Waals surface area (Å²) in [4.78, 5) is 34.0. The average Bonchev–Trinajstić information content (AvgIpc) is 3.29. The number of furan rings is 1. The van der Waals surface area contributed by atoms with E-state index < -0.39 is 5.91 Å². The number of nitrogens with zero attached hydrogens (tertiary/aromatic N) is 3. The fraction of sp³-hybridized carbons (Fsp3) is 0.348. The van der Waals surface area contributed by atoms with Crippen LogP contribution < -0.4 is 10.1 Å². The van der Waals surface area contributed by atoms with Crippen LogP contribution >= 0.6 is 23.2 Å². The van der Waals surface area contributed by atoms with Crippen molar-refractivity contribution in [2.24, 2.45) is 0 Å². The second-order valence-electron chi connectivity index (χ2n) is 7.81. The van der Waals surface area contributed by atoms with Gasteiger partial charge in [0.1, 0.15) is 0 Å². The summed E-state index contributed by atoms with van der Waals surface area (Å²) in [5, 5.41) is 12.5. The minimum absolute atomic E-state index is 0.123. The Bertz CT molecular complexity index is 1190. The highest BCUT2D eigenvalue weighted by molar-refractivity contribution is 6.39. The van der Waals surface area contributed by atoms with E-state index >= 15 is 0 Å². The third-order valence-electron chi connectivity index (χ3n) is 5.71. The number of carbonyl (C=O) groups excluding carboxylic acids is 2. The molecule has 2 aromatic heterocycles. The molecule has 0 aliphatic carbocycles. The molecule has 0 spiro atoms. The average molecular weight is 507 g/mol. The van der Waals surface area contributed by atoms with Crippen LogP contribution in [0.4, 0.5) is 5.69 Å². The number of pyridine rings is 1. The molecule has 3 heterocycles. The summed E-state index contributed by atoms with van der Waals surface area (Å²) in [6.07, 6.45) is 3.47. The van der Waals surface area contributed by atoms with Crippen LogP contribution in [0.15, 0.2) is 35.0 Å². The number of fused-ring (bicyclic) bond motifs is 1. The van der Waals surface area contributed by atoms with Crippen LogP contribution in [-0.2, 0) is 0 Å². The smallest absolute Gasteiger partial charge is 0.289 e. The molecule has 11 heteroatoms. The van der Waals surface area contributed by atoms with Crippen LogP contribution in [0.25, 0.3) is 11.0 Å². The fourth-order valence-corrected chi connectivity index (χ4v) is 4.36. The third kappa shape index (κ3) is 4.97. The number of benzene rings is 1. The zero-order valence-electron chi connectivity index (χ0n) is 18.5. The van der Waals surface area contributed by atoms with Gasteiger partial charge in [0.15, 0.2) is 17.1 Å². The van der Waals surface area contributed by atoms with Gasteiger partial charge in [0, 0.05) is 57.1 Å². The van der Waals surface area contributed by atoms with E-state index in [2.05, 4.69) is 15.2 Å². The molecule has 0 atom stereocenters. The Balaban J connectivity index is 1.59. The van der Waals surface area contributed by atoms with E-state index in [1.165, 1.54) is 19.5 Å². The van der Waals surface area contributed by atoms with E-state index in [1.54, 1.807) is 23.1 Å². The summed E-state index contributed by atoms with van der Waals surface area (Å²) in [5.41, 5.74) is 0.814. The van der Waals surface area contributed by atoms with Crippen LogP contribution in [-0.4, -0.2) is 78.1 Å². The number of aliphatic hydroxyl groups excluding tert-OH is 1. The highest BCUT2D eigenvalue weighted by Crippen LogP contribution is 2.34. The first-order valence-electron chi connectivity index (χ1n) is 10.8. The van der Waals surface area contributed by atoms with Gasteiger partial charge in [-0.2, -0.15) is 0 Å². The molecule has 0 radical (unpaired) electrons. The molecule has 1 saturated heterocycles. The van der Waals surface area contributed by atoms with Gasteiger partial charge < -0.3 is 24.5 Å². The van der Waals surface area contributed by atoms with Gasteiger partial charge in [0.25, 0.3) is 11.8 Å². The van der Waals surface area contributed by atoms with E-state index in [4.69, 9.17) is 37.5 Å². The highest BCUT2D eigenvalue weighted by Gasteiger charge is 2.27. The van der Waals surface area contributed by atoms with Crippen molar-refractivity contribution >= 4 is 51.7 Å². The summed E-state index contributed by atoms with van der Waals surface area (Å²) in [5.74, 6) is -0.205.